The highest BCUT2D eigenvalue weighted by Gasteiger charge is 2.34. The lowest BCUT2D eigenvalue weighted by atomic mass is 9.80. The molecule has 0 fully saturated rings. The topological polar surface area (TPSA) is 61.5 Å². The molecule has 0 aliphatic carbocycles. The Hall–Kier alpha value is -0.610. The summed E-state index contributed by atoms with van der Waals surface area (Å²) in [4.78, 5) is 12.3. The number of nitrogens with two attached hydrogens (primary N) is 1. The molecule has 0 heterocycles. The summed E-state index contributed by atoms with van der Waals surface area (Å²) < 4.78 is 11.3. The van der Waals surface area contributed by atoms with Gasteiger partial charge in [-0.15, -0.1) is 0 Å². The molecule has 4 nitrogen and oxygen atoms in total. The van der Waals surface area contributed by atoms with Crippen molar-refractivity contribution in [2.24, 2.45) is 17.1 Å². The van der Waals surface area contributed by atoms with Crippen molar-refractivity contribution in [3.05, 3.63) is 0 Å². The average molecular weight is 287 g/mol. The lowest BCUT2D eigenvalue weighted by Crippen LogP contribution is -2.41. The van der Waals surface area contributed by atoms with Crippen LogP contribution in [0.5, 0.6) is 0 Å². The number of ether oxygens (including phenoxy) is 2. The molecule has 20 heavy (non-hydrogen) atoms. The quantitative estimate of drug-likeness (QED) is 0.762. The van der Waals surface area contributed by atoms with Crippen LogP contribution in [0, 0.1) is 11.3 Å². The van der Waals surface area contributed by atoms with Crippen molar-refractivity contribution < 1.29 is 14.3 Å². The SMILES string of the molecule is CC(C)(C)OCCC(C)(C)OC(=O)C(CN)C(C)(C)C. The van der Waals surface area contributed by atoms with Crippen LogP contribution >= 0.6 is 0 Å². The highest BCUT2D eigenvalue weighted by Crippen LogP contribution is 2.28. The van der Waals surface area contributed by atoms with Crippen LogP contribution in [0.25, 0.3) is 0 Å². The summed E-state index contributed by atoms with van der Waals surface area (Å²) in [6.45, 7) is 16.7. The summed E-state index contributed by atoms with van der Waals surface area (Å²) >= 11 is 0. The summed E-state index contributed by atoms with van der Waals surface area (Å²) in [7, 11) is 0. The van der Waals surface area contributed by atoms with Gasteiger partial charge in [-0.05, 0) is 40.0 Å². The maximum absolute atomic E-state index is 12.3. The van der Waals surface area contributed by atoms with Gasteiger partial charge in [-0.2, -0.15) is 0 Å². The van der Waals surface area contributed by atoms with Gasteiger partial charge >= 0.3 is 5.97 Å². The lowest BCUT2D eigenvalue weighted by molar-refractivity contribution is -0.167. The fraction of sp³-hybridized carbons (Fsp3) is 0.938. The van der Waals surface area contributed by atoms with Crippen molar-refractivity contribution in [1.29, 1.82) is 0 Å². The molecule has 0 bridgehead atoms. The van der Waals surface area contributed by atoms with Gasteiger partial charge in [0.1, 0.15) is 5.60 Å². The third-order valence-corrected chi connectivity index (χ3v) is 3.18. The van der Waals surface area contributed by atoms with Crippen LogP contribution in [0.4, 0.5) is 0 Å². The van der Waals surface area contributed by atoms with E-state index in [-0.39, 0.29) is 22.9 Å². The standard InChI is InChI=1S/C16H33NO3/c1-14(2,3)12(11-17)13(18)20-16(7,8)9-10-19-15(4,5)6/h12H,9-11,17H2,1-8H3. The number of carbonyl (C=O) groups excluding carboxylic acids is 1. The van der Waals surface area contributed by atoms with Gasteiger partial charge in [-0.1, -0.05) is 20.8 Å². The summed E-state index contributed by atoms with van der Waals surface area (Å²) in [5.74, 6) is -0.508. The van der Waals surface area contributed by atoms with E-state index in [0.717, 1.165) is 0 Å². The Labute approximate surface area is 124 Å². The van der Waals surface area contributed by atoms with E-state index in [0.29, 0.717) is 19.6 Å². The van der Waals surface area contributed by atoms with Crippen LogP contribution < -0.4 is 5.73 Å². The third-order valence-electron chi connectivity index (χ3n) is 3.18. The highest BCUT2D eigenvalue weighted by atomic mass is 16.6. The second-order valence-corrected chi connectivity index (χ2v) is 8.05. The second kappa shape index (κ2) is 6.90. The van der Waals surface area contributed by atoms with E-state index in [1.54, 1.807) is 0 Å². The molecular weight excluding hydrogens is 254 g/mol. The number of rotatable bonds is 6. The summed E-state index contributed by atoms with van der Waals surface area (Å²) in [6, 6.07) is 0. The first kappa shape index (κ1) is 19.4. The number of esters is 1. The fourth-order valence-corrected chi connectivity index (χ4v) is 1.80. The molecule has 1 atom stereocenters. The Morgan fingerprint density at radius 1 is 1.05 bits per heavy atom. The van der Waals surface area contributed by atoms with Gasteiger partial charge in [0.25, 0.3) is 0 Å². The van der Waals surface area contributed by atoms with Crippen LogP contribution in [0.2, 0.25) is 0 Å². The molecular formula is C16H33NO3. The van der Waals surface area contributed by atoms with Gasteiger partial charge in [0.2, 0.25) is 0 Å². The summed E-state index contributed by atoms with van der Waals surface area (Å²) in [6.07, 6.45) is 0.664. The monoisotopic (exact) mass is 287 g/mol. The Morgan fingerprint density at radius 2 is 1.55 bits per heavy atom. The molecule has 120 valence electrons. The summed E-state index contributed by atoms with van der Waals surface area (Å²) in [5, 5.41) is 0. The lowest BCUT2D eigenvalue weighted by Gasteiger charge is -2.33. The van der Waals surface area contributed by atoms with Gasteiger partial charge in [0.15, 0.2) is 0 Å². The number of hydrogen-bond donors (Lipinski definition) is 1. The smallest absolute Gasteiger partial charge is 0.311 e. The molecule has 2 N–H and O–H groups in total. The van der Waals surface area contributed by atoms with Crippen molar-refractivity contribution in [2.75, 3.05) is 13.2 Å². The minimum Gasteiger partial charge on any atom is -0.459 e. The molecule has 0 aliphatic rings. The average Bonchev–Trinajstić information content (AvgIpc) is 2.11. The first-order chi connectivity index (χ1) is 8.78. The molecule has 0 saturated carbocycles. The Kier molecular flexibility index (Phi) is 6.69. The van der Waals surface area contributed by atoms with Crippen LogP contribution in [0.3, 0.4) is 0 Å². The van der Waals surface area contributed by atoms with E-state index in [1.165, 1.54) is 0 Å². The van der Waals surface area contributed by atoms with Gasteiger partial charge in [-0.3, -0.25) is 4.79 Å². The predicted octanol–water partition coefficient (Wildman–Crippen LogP) is 3.13. The highest BCUT2D eigenvalue weighted by molar-refractivity contribution is 5.74. The summed E-state index contributed by atoms with van der Waals surface area (Å²) in [5.41, 5.74) is 4.80. The third kappa shape index (κ3) is 7.85. The zero-order chi connectivity index (χ0) is 16.2. The maximum atomic E-state index is 12.3. The van der Waals surface area contributed by atoms with Crippen molar-refractivity contribution in [3.8, 4) is 0 Å². The van der Waals surface area contributed by atoms with Crippen LogP contribution in [-0.2, 0) is 14.3 Å². The van der Waals surface area contributed by atoms with E-state index in [4.69, 9.17) is 15.2 Å². The van der Waals surface area contributed by atoms with Gasteiger partial charge in [0.05, 0.1) is 18.1 Å². The van der Waals surface area contributed by atoms with Gasteiger partial charge in [-0.25, -0.2) is 0 Å². The molecule has 0 saturated heterocycles. The molecule has 0 amide bonds. The van der Waals surface area contributed by atoms with Crippen LogP contribution in [-0.4, -0.2) is 30.3 Å². The predicted molar refractivity (Wildman–Crippen MR) is 82.5 cm³/mol. The van der Waals surface area contributed by atoms with E-state index < -0.39 is 5.60 Å². The zero-order valence-electron chi connectivity index (χ0n) is 14.5. The van der Waals surface area contributed by atoms with Crippen molar-refractivity contribution in [1.82, 2.24) is 0 Å². The number of hydrogen-bond acceptors (Lipinski definition) is 4. The van der Waals surface area contributed by atoms with E-state index in [2.05, 4.69) is 0 Å². The Morgan fingerprint density at radius 3 is 1.90 bits per heavy atom. The Balaban J connectivity index is 4.48. The molecule has 0 rings (SSSR count). The van der Waals surface area contributed by atoms with Crippen LogP contribution in [0.15, 0.2) is 0 Å². The fourth-order valence-electron chi connectivity index (χ4n) is 1.80. The van der Waals surface area contributed by atoms with E-state index >= 15 is 0 Å². The van der Waals surface area contributed by atoms with Gasteiger partial charge < -0.3 is 15.2 Å². The second-order valence-electron chi connectivity index (χ2n) is 8.05. The molecule has 0 radical (unpaired) electrons. The zero-order valence-corrected chi connectivity index (χ0v) is 14.5. The first-order valence-corrected chi connectivity index (χ1v) is 7.35. The molecule has 1 unspecified atom stereocenters. The van der Waals surface area contributed by atoms with Crippen LogP contribution in [0.1, 0.15) is 61.8 Å². The first-order valence-electron chi connectivity index (χ1n) is 7.35. The molecule has 0 aliphatic heterocycles. The van der Waals surface area contributed by atoms with E-state index in [9.17, 15) is 4.79 Å². The van der Waals surface area contributed by atoms with Crippen molar-refractivity contribution in [3.63, 3.8) is 0 Å². The maximum Gasteiger partial charge on any atom is 0.311 e. The van der Waals surface area contributed by atoms with Crippen molar-refractivity contribution in [2.45, 2.75) is 73.0 Å². The van der Waals surface area contributed by atoms with Gasteiger partial charge in [0, 0.05) is 13.0 Å². The largest absolute Gasteiger partial charge is 0.459 e. The van der Waals surface area contributed by atoms with Crippen molar-refractivity contribution >= 4 is 5.97 Å². The normalized spacial score (nSPS) is 15.1. The molecule has 0 spiro atoms. The number of carbonyl (C=O) groups is 1. The van der Waals surface area contributed by atoms with E-state index in [1.807, 2.05) is 55.4 Å². The molecule has 0 aromatic heterocycles. The minimum atomic E-state index is -0.541. The minimum absolute atomic E-state index is 0.175. The Bertz CT molecular complexity index is 311. The molecule has 4 heteroatoms. The molecule has 0 aromatic rings. The molecule has 0 aromatic carbocycles.